The lowest BCUT2D eigenvalue weighted by Crippen LogP contribution is -2.57. The van der Waals surface area contributed by atoms with Gasteiger partial charge in [-0.05, 0) is 25.0 Å². The Balaban J connectivity index is 1.98. The van der Waals surface area contributed by atoms with E-state index in [-0.39, 0.29) is 42.5 Å². The number of carboxylic acid groups (broad SMARTS) is 1. The van der Waals surface area contributed by atoms with Crippen LogP contribution < -0.4 is 5.43 Å². The first-order valence-corrected chi connectivity index (χ1v) is 8.82. The van der Waals surface area contributed by atoms with E-state index in [1.165, 1.54) is 23.1 Å². The van der Waals surface area contributed by atoms with Crippen molar-refractivity contribution in [1.82, 2.24) is 9.88 Å². The maximum atomic E-state index is 14.0. The monoisotopic (exact) mass is 376 g/mol. The van der Waals surface area contributed by atoms with Crippen molar-refractivity contribution in [2.24, 2.45) is 5.41 Å². The summed E-state index contributed by atoms with van der Waals surface area (Å²) in [6.45, 7) is 1.78. The molecule has 0 bridgehead atoms. The average Bonchev–Trinajstić information content (AvgIpc) is 2.63. The number of aliphatic hydroxyl groups excluding tert-OH is 1. The first-order chi connectivity index (χ1) is 12.8. The Hall–Kier alpha value is -2.74. The van der Waals surface area contributed by atoms with Gasteiger partial charge in [-0.15, -0.1) is 0 Å². The van der Waals surface area contributed by atoms with E-state index in [1.807, 2.05) is 6.92 Å². The lowest BCUT2D eigenvalue weighted by molar-refractivity contribution is -0.162. The number of pyridine rings is 1. The van der Waals surface area contributed by atoms with Gasteiger partial charge in [0.15, 0.2) is 5.43 Å². The van der Waals surface area contributed by atoms with Crippen molar-refractivity contribution in [3.63, 3.8) is 0 Å². The fraction of sp³-hybridized carbons (Fsp3) is 0.421. The van der Waals surface area contributed by atoms with Gasteiger partial charge >= 0.3 is 5.97 Å². The molecule has 27 heavy (non-hydrogen) atoms. The van der Waals surface area contributed by atoms with Crippen LogP contribution in [0.25, 0.3) is 10.9 Å². The number of hydrogen-bond acceptors (Lipinski definition) is 4. The number of carbonyl (C=O) groups excluding carboxylic acids is 1. The number of amides is 1. The van der Waals surface area contributed by atoms with E-state index in [9.17, 15) is 29.0 Å². The average molecular weight is 376 g/mol. The molecule has 2 atom stereocenters. The van der Waals surface area contributed by atoms with Crippen LogP contribution in [0.2, 0.25) is 0 Å². The van der Waals surface area contributed by atoms with Crippen LogP contribution in [0.1, 0.15) is 36.7 Å². The predicted octanol–water partition coefficient (Wildman–Crippen LogP) is 1.75. The number of hydrogen-bond donors (Lipinski definition) is 3. The minimum Gasteiger partial charge on any atom is -0.481 e. The van der Waals surface area contributed by atoms with E-state index in [2.05, 4.69) is 4.98 Å². The highest BCUT2D eigenvalue weighted by Gasteiger charge is 2.49. The van der Waals surface area contributed by atoms with Gasteiger partial charge in [0.05, 0.1) is 11.6 Å². The zero-order chi connectivity index (χ0) is 19.8. The Kier molecular flexibility index (Phi) is 5.01. The van der Waals surface area contributed by atoms with Gasteiger partial charge in [-0.3, -0.25) is 14.4 Å². The highest BCUT2D eigenvalue weighted by molar-refractivity contribution is 5.95. The molecule has 2 heterocycles. The number of para-hydroxylation sites is 1. The molecule has 1 aromatic carbocycles. The number of piperidine rings is 1. The Morgan fingerprint density at radius 2 is 2.15 bits per heavy atom. The van der Waals surface area contributed by atoms with Crippen LogP contribution in [0.3, 0.4) is 0 Å². The van der Waals surface area contributed by atoms with Gasteiger partial charge in [-0.1, -0.05) is 19.4 Å². The highest BCUT2D eigenvalue weighted by Crippen LogP contribution is 2.36. The second-order valence-electron chi connectivity index (χ2n) is 6.95. The van der Waals surface area contributed by atoms with E-state index in [4.69, 9.17) is 0 Å². The number of fused-ring (bicyclic) bond motifs is 1. The third kappa shape index (κ3) is 3.21. The van der Waals surface area contributed by atoms with Crippen LogP contribution in [0, 0.1) is 11.2 Å². The zero-order valence-corrected chi connectivity index (χ0v) is 14.9. The fourth-order valence-electron chi connectivity index (χ4n) is 3.78. The molecule has 1 aromatic heterocycles. The first-order valence-electron chi connectivity index (χ1n) is 8.82. The molecule has 0 unspecified atom stereocenters. The number of rotatable bonds is 4. The molecule has 1 saturated heterocycles. The summed E-state index contributed by atoms with van der Waals surface area (Å²) in [5.41, 5.74) is -2.12. The van der Waals surface area contributed by atoms with Gasteiger partial charge in [-0.25, -0.2) is 4.39 Å². The summed E-state index contributed by atoms with van der Waals surface area (Å²) in [5.74, 6) is -2.41. The number of nitrogens with one attached hydrogen (secondary N) is 1. The number of carbonyl (C=O) groups is 2. The summed E-state index contributed by atoms with van der Waals surface area (Å²) in [4.78, 5) is 40.9. The molecule has 0 saturated carbocycles. The summed E-state index contributed by atoms with van der Waals surface area (Å²) >= 11 is 0. The summed E-state index contributed by atoms with van der Waals surface area (Å²) in [6.07, 6.45) is -0.198. The molecule has 1 aliphatic rings. The van der Waals surface area contributed by atoms with Crippen LogP contribution >= 0.6 is 0 Å². The SMILES string of the molecule is CCC[C@@]1(C(=O)O)CN(C(=O)c2cc(=O)c3cccc(F)c3[nH]2)CC[C@H]1O. The number of nitrogens with zero attached hydrogens (tertiary/aromatic N) is 1. The molecule has 8 heteroatoms. The second kappa shape index (κ2) is 7.11. The molecule has 0 aliphatic carbocycles. The Morgan fingerprint density at radius 3 is 2.81 bits per heavy atom. The molecule has 1 amide bonds. The third-order valence-electron chi connectivity index (χ3n) is 5.24. The smallest absolute Gasteiger partial charge is 0.314 e. The molecule has 3 N–H and O–H groups in total. The second-order valence-corrected chi connectivity index (χ2v) is 6.95. The lowest BCUT2D eigenvalue weighted by atomic mass is 9.74. The van der Waals surface area contributed by atoms with Crippen LogP contribution in [-0.2, 0) is 4.79 Å². The zero-order valence-electron chi connectivity index (χ0n) is 14.9. The first kappa shape index (κ1) is 19.0. The number of benzene rings is 1. The van der Waals surface area contributed by atoms with Crippen molar-refractivity contribution in [3.05, 3.63) is 46.0 Å². The number of H-pyrrole nitrogens is 1. The quantitative estimate of drug-likeness (QED) is 0.753. The number of halogens is 1. The minimum absolute atomic E-state index is 0.0662. The largest absolute Gasteiger partial charge is 0.481 e. The lowest BCUT2D eigenvalue weighted by Gasteiger charge is -2.43. The van der Waals surface area contributed by atoms with Gasteiger partial charge < -0.3 is 20.1 Å². The van der Waals surface area contributed by atoms with Crippen LogP contribution in [0.15, 0.2) is 29.1 Å². The molecule has 0 radical (unpaired) electrons. The number of aliphatic hydroxyl groups is 1. The molecule has 0 spiro atoms. The molecule has 2 aromatic rings. The Bertz CT molecular complexity index is 957. The van der Waals surface area contributed by atoms with Gasteiger partial charge in [0.25, 0.3) is 5.91 Å². The van der Waals surface area contributed by atoms with E-state index >= 15 is 0 Å². The maximum Gasteiger partial charge on any atom is 0.314 e. The molecule has 3 rings (SSSR count). The van der Waals surface area contributed by atoms with Crippen LogP contribution in [0.5, 0.6) is 0 Å². The van der Waals surface area contributed by atoms with E-state index in [0.29, 0.717) is 6.42 Å². The number of aromatic nitrogens is 1. The number of aromatic amines is 1. The molecular weight excluding hydrogens is 355 g/mol. The van der Waals surface area contributed by atoms with Gasteiger partial charge in [0, 0.05) is 24.5 Å². The number of aliphatic carboxylic acids is 1. The highest BCUT2D eigenvalue weighted by atomic mass is 19.1. The molecule has 1 fully saturated rings. The Morgan fingerprint density at radius 1 is 1.41 bits per heavy atom. The van der Waals surface area contributed by atoms with Crippen molar-refractivity contribution < 1.29 is 24.2 Å². The summed E-state index contributed by atoms with van der Waals surface area (Å²) in [6, 6.07) is 5.14. The summed E-state index contributed by atoms with van der Waals surface area (Å²) < 4.78 is 14.0. The molecular formula is C19H21FN2O5. The van der Waals surface area contributed by atoms with Crippen molar-refractivity contribution in [3.8, 4) is 0 Å². The third-order valence-corrected chi connectivity index (χ3v) is 5.24. The molecule has 7 nitrogen and oxygen atoms in total. The normalized spacial score (nSPS) is 22.8. The number of likely N-dealkylation sites (tertiary alicyclic amines) is 1. The molecule has 144 valence electrons. The van der Waals surface area contributed by atoms with Gasteiger partial charge in [-0.2, -0.15) is 0 Å². The van der Waals surface area contributed by atoms with E-state index < -0.39 is 34.6 Å². The van der Waals surface area contributed by atoms with E-state index in [1.54, 1.807) is 0 Å². The van der Waals surface area contributed by atoms with Gasteiger partial charge in [0.2, 0.25) is 0 Å². The van der Waals surface area contributed by atoms with Gasteiger partial charge in [0.1, 0.15) is 16.9 Å². The topological polar surface area (TPSA) is 111 Å². The van der Waals surface area contributed by atoms with Crippen molar-refractivity contribution in [2.45, 2.75) is 32.3 Å². The van der Waals surface area contributed by atoms with Crippen LogP contribution in [-0.4, -0.2) is 51.2 Å². The standard InChI is InChI=1S/C19H21FN2O5/c1-2-7-19(18(26)27)10-22(8-6-15(19)24)17(25)13-9-14(23)11-4-3-5-12(20)16(11)21-13/h3-5,9,15,24H,2,6-8,10H2,1H3,(H,21,23)(H,26,27)/t15-,19-/m1/s1. The van der Waals surface area contributed by atoms with Crippen LogP contribution in [0.4, 0.5) is 4.39 Å². The molecule has 1 aliphatic heterocycles. The predicted molar refractivity (Wildman–Crippen MR) is 96.0 cm³/mol. The summed E-state index contributed by atoms with van der Waals surface area (Å²) in [7, 11) is 0. The van der Waals surface area contributed by atoms with Crippen molar-refractivity contribution in [1.29, 1.82) is 0 Å². The Labute approximate surface area is 154 Å². The minimum atomic E-state index is -1.45. The number of carboxylic acids is 1. The van der Waals surface area contributed by atoms with Crippen molar-refractivity contribution >= 4 is 22.8 Å². The van der Waals surface area contributed by atoms with E-state index in [0.717, 1.165) is 6.07 Å². The fourth-order valence-corrected chi connectivity index (χ4v) is 3.78. The van der Waals surface area contributed by atoms with Crippen molar-refractivity contribution in [2.75, 3.05) is 13.1 Å². The summed E-state index contributed by atoms with van der Waals surface area (Å²) in [5, 5.41) is 20.1. The maximum absolute atomic E-state index is 14.0.